The maximum Gasteiger partial charge on any atom is 0.324 e. The number of carboxylic acids is 1. The molecule has 2 unspecified atom stereocenters. The highest BCUT2D eigenvalue weighted by molar-refractivity contribution is 5.80. The van der Waals surface area contributed by atoms with E-state index in [9.17, 15) is 9.90 Å². The molecule has 1 aliphatic rings. The third-order valence-corrected chi connectivity index (χ3v) is 3.67. The first-order chi connectivity index (χ1) is 7.55. The quantitative estimate of drug-likeness (QED) is 0.800. The van der Waals surface area contributed by atoms with Crippen LogP contribution in [0.5, 0.6) is 0 Å². The minimum absolute atomic E-state index is 0.0498. The second kappa shape index (κ2) is 3.91. The summed E-state index contributed by atoms with van der Waals surface area (Å²) in [5.41, 5.74) is 7.19. The minimum Gasteiger partial charge on any atom is -0.480 e. The Morgan fingerprint density at radius 1 is 1.50 bits per heavy atom. The zero-order chi connectivity index (χ0) is 11.8. The van der Waals surface area contributed by atoms with Gasteiger partial charge in [-0.3, -0.25) is 4.79 Å². The molecular weight excluding hydrogens is 202 g/mol. The van der Waals surface area contributed by atoms with E-state index < -0.39 is 11.5 Å². The van der Waals surface area contributed by atoms with Crippen molar-refractivity contribution >= 4 is 5.97 Å². The van der Waals surface area contributed by atoms with E-state index in [0.29, 0.717) is 6.42 Å². The third-order valence-electron chi connectivity index (χ3n) is 3.67. The van der Waals surface area contributed by atoms with Crippen LogP contribution in [0.3, 0.4) is 0 Å². The minimum atomic E-state index is -1.08. The second-order valence-corrected chi connectivity index (χ2v) is 4.65. The summed E-state index contributed by atoms with van der Waals surface area (Å²) in [6, 6.07) is 7.92. The van der Waals surface area contributed by atoms with Crippen LogP contribution < -0.4 is 5.73 Å². The first kappa shape index (κ1) is 11.1. The summed E-state index contributed by atoms with van der Waals surface area (Å²) >= 11 is 0. The summed E-state index contributed by atoms with van der Waals surface area (Å²) in [5.74, 6) is -0.926. The van der Waals surface area contributed by atoms with Crippen LogP contribution in [0.2, 0.25) is 0 Å². The molecule has 86 valence electrons. The van der Waals surface area contributed by atoms with Gasteiger partial charge in [0.05, 0.1) is 0 Å². The fraction of sp³-hybridized carbons (Fsp3) is 0.462. The molecule has 1 aromatic carbocycles. The topological polar surface area (TPSA) is 63.3 Å². The number of benzene rings is 1. The van der Waals surface area contributed by atoms with Gasteiger partial charge in [0.1, 0.15) is 5.54 Å². The lowest BCUT2D eigenvalue weighted by molar-refractivity contribution is -0.143. The summed E-state index contributed by atoms with van der Waals surface area (Å²) in [6.45, 7) is 2.01. The van der Waals surface area contributed by atoms with Crippen LogP contribution in [-0.2, 0) is 4.79 Å². The van der Waals surface area contributed by atoms with Gasteiger partial charge in [-0.1, -0.05) is 30.7 Å². The average Bonchev–Trinajstić information content (AvgIpc) is 2.63. The monoisotopic (exact) mass is 219 g/mol. The van der Waals surface area contributed by atoms with E-state index in [1.165, 1.54) is 0 Å². The Labute approximate surface area is 95.3 Å². The van der Waals surface area contributed by atoms with E-state index in [0.717, 1.165) is 24.0 Å². The number of hydrogen-bond donors (Lipinski definition) is 2. The van der Waals surface area contributed by atoms with E-state index in [-0.39, 0.29) is 5.92 Å². The van der Waals surface area contributed by atoms with E-state index in [4.69, 9.17) is 5.73 Å². The molecule has 3 heteroatoms. The predicted molar refractivity (Wildman–Crippen MR) is 62.3 cm³/mol. The van der Waals surface area contributed by atoms with Crippen molar-refractivity contribution in [3.05, 3.63) is 35.4 Å². The van der Waals surface area contributed by atoms with E-state index in [2.05, 4.69) is 0 Å². The molecular formula is C13H17NO2. The normalized spacial score (nSPS) is 29.2. The maximum absolute atomic E-state index is 11.3. The molecule has 0 bridgehead atoms. The molecule has 0 aliphatic heterocycles. The highest BCUT2D eigenvalue weighted by atomic mass is 16.4. The number of aliphatic carboxylic acids is 1. The molecule has 1 saturated carbocycles. The van der Waals surface area contributed by atoms with Crippen molar-refractivity contribution in [3.63, 3.8) is 0 Å². The van der Waals surface area contributed by atoms with Crippen molar-refractivity contribution in [1.29, 1.82) is 0 Å². The van der Waals surface area contributed by atoms with Gasteiger partial charge in [-0.15, -0.1) is 0 Å². The molecule has 1 fully saturated rings. The number of hydrogen-bond acceptors (Lipinski definition) is 2. The van der Waals surface area contributed by atoms with Gasteiger partial charge in [-0.05, 0) is 30.9 Å². The highest BCUT2D eigenvalue weighted by Crippen LogP contribution is 2.42. The molecule has 0 heterocycles. The molecule has 3 nitrogen and oxygen atoms in total. The Morgan fingerprint density at radius 3 is 2.81 bits per heavy atom. The molecule has 0 radical (unpaired) electrons. The Kier molecular flexibility index (Phi) is 2.72. The molecule has 3 N–H and O–H groups in total. The van der Waals surface area contributed by atoms with Crippen LogP contribution in [0, 0.1) is 6.92 Å². The Balaban J connectivity index is 2.41. The number of nitrogens with two attached hydrogens (primary N) is 1. The van der Waals surface area contributed by atoms with Gasteiger partial charge < -0.3 is 10.8 Å². The van der Waals surface area contributed by atoms with Crippen molar-refractivity contribution in [3.8, 4) is 0 Å². The summed E-state index contributed by atoms with van der Waals surface area (Å²) in [7, 11) is 0. The van der Waals surface area contributed by atoms with Crippen LogP contribution >= 0.6 is 0 Å². The van der Waals surface area contributed by atoms with Crippen molar-refractivity contribution in [2.24, 2.45) is 5.73 Å². The third kappa shape index (κ3) is 1.61. The summed E-state index contributed by atoms with van der Waals surface area (Å²) in [6.07, 6.45) is 2.33. The van der Waals surface area contributed by atoms with Crippen molar-refractivity contribution in [2.45, 2.75) is 37.6 Å². The first-order valence-electron chi connectivity index (χ1n) is 5.63. The molecule has 16 heavy (non-hydrogen) atoms. The van der Waals surface area contributed by atoms with Gasteiger partial charge in [-0.25, -0.2) is 0 Å². The average molecular weight is 219 g/mol. The van der Waals surface area contributed by atoms with Crippen molar-refractivity contribution in [2.75, 3.05) is 0 Å². The van der Waals surface area contributed by atoms with E-state index >= 15 is 0 Å². The fourth-order valence-electron chi connectivity index (χ4n) is 2.70. The van der Waals surface area contributed by atoms with Gasteiger partial charge in [-0.2, -0.15) is 0 Å². The Morgan fingerprint density at radius 2 is 2.19 bits per heavy atom. The molecule has 0 aromatic heterocycles. The van der Waals surface area contributed by atoms with Crippen LogP contribution in [0.1, 0.15) is 36.3 Å². The van der Waals surface area contributed by atoms with Gasteiger partial charge in [0.15, 0.2) is 0 Å². The number of rotatable bonds is 2. The molecule has 1 aliphatic carbocycles. The van der Waals surface area contributed by atoms with Crippen molar-refractivity contribution in [1.82, 2.24) is 0 Å². The second-order valence-electron chi connectivity index (χ2n) is 4.65. The summed E-state index contributed by atoms with van der Waals surface area (Å²) in [4.78, 5) is 11.3. The van der Waals surface area contributed by atoms with Crippen LogP contribution in [0.15, 0.2) is 24.3 Å². The molecule has 0 saturated heterocycles. The number of carboxylic acid groups (broad SMARTS) is 1. The summed E-state index contributed by atoms with van der Waals surface area (Å²) in [5, 5.41) is 9.27. The van der Waals surface area contributed by atoms with Gasteiger partial charge in [0.25, 0.3) is 0 Å². The lowest BCUT2D eigenvalue weighted by Gasteiger charge is -2.28. The molecule has 0 amide bonds. The van der Waals surface area contributed by atoms with Gasteiger partial charge >= 0.3 is 5.97 Å². The van der Waals surface area contributed by atoms with Gasteiger partial charge in [0, 0.05) is 5.92 Å². The van der Waals surface area contributed by atoms with Crippen LogP contribution in [-0.4, -0.2) is 16.6 Å². The predicted octanol–water partition coefficient (Wildman–Crippen LogP) is 2.04. The zero-order valence-electron chi connectivity index (χ0n) is 9.44. The Hall–Kier alpha value is -1.35. The lowest BCUT2D eigenvalue weighted by atomic mass is 9.81. The molecule has 2 rings (SSSR count). The standard InChI is InChI=1S/C13H17NO2/c1-9-5-2-3-6-10(9)11-7-4-8-13(11,14)12(15)16/h2-3,5-6,11H,4,7-8,14H2,1H3,(H,15,16). The smallest absolute Gasteiger partial charge is 0.324 e. The van der Waals surface area contributed by atoms with Crippen molar-refractivity contribution < 1.29 is 9.90 Å². The van der Waals surface area contributed by atoms with Crippen LogP contribution in [0.4, 0.5) is 0 Å². The maximum atomic E-state index is 11.3. The number of carbonyl (C=O) groups is 1. The molecule has 1 aromatic rings. The van der Waals surface area contributed by atoms with E-state index in [1.54, 1.807) is 0 Å². The fourth-order valence-corrected chi connectivity index (χ4v) is 2.70. The lowest BCUT2D eigenvalue weighted by Crippen LogP contribution is -2.49. The molecule has 0 spiro atoms. The van der Waals surface area contributed by atoms with Gasteiger partial charge in [0.2, 0.25) is 0 Å². The number of aryl methyl sites for hydroxylation is 1. The SMILES string of the molecule is Cc1ccccc1C1CCCC1(N)C(=O)O. The first-order valence-corrected chi connectivity index (χ1v) is 5.63. The molecule has 2 atom stereocenters. The zero-order valence-corrected chi connectivity index (χ0v) is 9.44. The highest BCUT2D eigenvalue weighted by Gasteiger charge is 2.46. The van der Waals surface area contributed by atoms with Crippen LogP contribution in [0.25, 0.3) is 0 Å². The largest absolute Gasteiger partial charge is 0.480 e. The van der Waals surface area contributed by atoms with E-state index in [1.807, 2.05) is 31.2 Å². The Bertz CT molecular complexity index is 416. The summed E-state index contributed by atoms with van der Waals surface area (Å²) < 4.78 is 0.